The molecular weight excluding hydrogens is 183 g/mol. The van der Waals surface area contributed by atoms with Crippen LogP contribution < -0.4 is 0 Å². The number of rotatable bonds is 1. The minimum atomic E-state index is -0.130. The first-order chi connectivity index (χ1) is 6.20. The zero-order valence-corrected chi connectivity index (χ0v) is 8.54. The molecule has 0 radical (unpaired) electrons. The molecule has 0 saturated heterocycles. The van der Waals surface area contributed by atoms with E-state index in [1.807, 2.05) is 6.92 Å². The molecule has 68 valence electrons. The zero-order valence-electron chi connectivity index (χ0n) is 7.73. The van der Waals surface area contributed by atoms with Gasteiger partial charge in [-0.15, -0.1) is 11.3 Å². The highest BCUT2D eigenvalue weighted by Crippen LogP contribution is 2.29. The van der Waals surface area contributed by atoms with Gasteiger partial charge < -0.3 is 0 Å². The maximum atomic E-state index is 13.0. The van der Waals surface area contributed by atoms with Crippen molar-refractivity contribution in [3.05, 3.63) is 34.5 Å². The third-order valence-electron chi connectivity index (χ3n) is 2.21. The van der Waals surface area contributed by atoms with Gasteiger partial charge in [-0.3, -0.25) is 0 Å². The SMILES string of the molecule is CCc1cc2c(C)cc(F)cc2s1. The summed E-state index contributed by atoms with van der Waals surface area (Å²) in [4.78, 5) is 1.32. The largest absolute Gasteiger partial charge is 0.207 e. The molecule has 0 aliphatic carbocycles. The molecule has 2 rings (SSSR count). The van der Waals surface area contributed by atoms with Crippen molar-refractivity contribution in [1.82, 2.24) is 0 Å². The quantitative estimate of drug-likeness (QED) is 0.645. The lowest BCUT2D eigenvalue weighted by Crippen LogP contribution is -1.76. The van der Waals surface area contributed by atoms with E-state index < -0.39 is 0 Å². The standard InChI is InChI=1S/C11H11FS/c1-3-9-6-10-7(2)4-8(12)5-11(10)13-9/h4-6H,3H2,1-2H3. The Balaban J connectivity index is 2.75. The lowest BCUT2D eigenvalue weighted by atomic mass is 10.1. The van der Waals surface area contributed by atoms with Gasteiger partial charge in [-0.25, -0.2) is 4.39 Å². The number of benzene rings is 1. The second-order valence-electron chi connectivity index (χ2n) is 3.20. The Morgan fingerprint density at radius 1 is 1.31 bits per heavy atom. The molecule has 2 heteroatoms. The summed E-state index contributed by atoms with van der Waals surface area (Å²) >= 11 is 1.69. The summed E-state index contributed by atoms with van der Waals surface area (Å²) in [5.74, 6) is -0.130. The molecule has 1 aromatic carbocycles. The molecule has 0 bridgehead atoms. The van der Waals surface area contributed by atoms with Crippen molar-refractivity contribution in [3.63, 3.8) is 0 Å². The molecule has 0 saturated carbocycles. The van der Waals surface area contributed by atoms with Gasteiger partial charge >= 0.3 is 0 Å². The molecule has 0 N–H and O–H groups in total. The summed E-state index contributed by atoms with van der Waals surface area (Å²) in [6.45, 7) is 4.08. The summed E-state index contributed by atoms with van der Waals surface area (Å²) in [6.07, 6.45) is 1.03. The van der Waals surface area contributed by atoms with Gasteiger partial charge in [0.05, 0.1) is 0 Å². The van der Waals surface area contributed by atoms with Gasteiger partial charge in [0.15, 0.2) is 0 Å². The highest BCUT2D eigenvalue weighted by Gasteiger charge is 2.04. The molecule has 0 unspecified atom stereocenters. The summed E-state index contributed by atoms with van der Waals surface area (Å²) in [7, 11) is 0. The van der Waals surface area contributed by atoms with Gasteiger partial charge in [-0.05, 0) is 42.5 Å². The maximum absolute atomic E-state index is 13.0. The number of hydrogen-bond acceptors (Lipinski definition) is 1. The van der Waals surface area contributed by atoms with E-state index in [2.05, 4.69) is 13.0 Å². The number of fused-ring (bicyclic) bond motifs is 1. The summed E-state index contributed by atoms with van der Waals surface area (Å²) in [6, 6.07) is 5.37. The first-order valence-electron chi connectivity index (χ1n) is 4.39. The fourth-order valence-corrected chi connectivity index (χ4v) is 2.60. The van der Waals surface area contributed by atoms with E-state index in [0.717, 1.165) is 16.7 Å². The van der Waals surface area contributed by atoms with Gasteiger partial charge in [0, 0.05) is 9.58 Å². The number of halogens is 1. The van der Waals surface area contributed by atoms with Crippen molar-refractivity contribution in [2.45, 2.75) is 20.3 Å². The van der Waals surface area contributed by atoms with Crippen LogP contribution in [0.4, 0.5) is 4.39 Å². The Morgan fingerprint density at radius 2 is 2.08 bits per heavy atom. The van der Waals surface area contributed by atoms with E-state index in [0.29, 0.717) is 0 Å². The number of aryl methyl sites for hydroxylation is 2. The van der Waals surface area contributed by atoms with Gasteiger partial charge in [-0.2, -0.15) is 0 Å². The molecule has 0 aliphatic rings. The van der Waals surface area contributed by atoms with Crippen LogP contribution in [0, 0.1) is 12.7 Å². The molecular formula is C11H11FS. The normalized spacial score (nSPS) is 11.0. The average Bonchev–Trinajstić information content (AvgIpc) is 2.47. The van der Waals surface area contributed by atoms with Crippen LogP contribution in [0.2, 0.25) is 0 Å². The first-order valence-corrected chi connectivity index (χ1v) is 5.21. The first kappa shape index (κ1) is 8.70. The average molecular weight is 194 g/mol. The monoisotopic (exact) mass is 194 g/mol. The van der Waals surface area contributed by atoms with E-state index in [1.54, 1.807) is 23.5 Å². The summed E-state index contributed by atoms with van der Waals surface area (Å²) in [5, 5.41) is 1.20. The van der Waals surface area contributed by atoms with Crippen LogP contribution in [-0.2, 0) is 6.42 Å². The van der Waals surface area contributed by atoms with E-state index >= 15 is 0 Å². The number of thiophene rings is 1. The predicted octanol–water partition coefficient (Wildman–Crippen LogP) is 3.91. The van der Waals surface area contributed by atoms with E-state index in [1.165, 1.54) is 10.3 Å². The fourth-order valence-electron chi connectivity index (χ4n) is 1.50. The van der Waals surface area contributed by atoms with Crippen LogP contribution in [0.15, 0.2) is 18.2 Å². The number of hydrogen-bond donors (Lipinski definition) is 0. The Labute approximate surface area is 81.0 Å². The van der Waals surface area contributed by atoms with Gasteiger partial charge in [0.25, 0.3) is 0 Å². The van der Waals surface area contributed by atoms with Gasteiger partial charge in [0.2, 0.25) is 0 Å². The smallest absolute Gasteiger partial charge is 0.124 e. The second-order valence-corrected chi connectivity index (χ2v) is 4.37. The van der Waals surface area contributed by atoms with Crippen LogP contribution in [0.3, 0.4) is 0 Å². The van der Waals surface area contributed by atoms with Crippen molar-refractivity contribution in [2.24, 2.45) is 0 Å². The van der Waals surface area contributed by atoms with Crippen LogP contribution in [-0.4, -0.2) is 0 Å². The lowest BCUT2D eigenvalue weighted by Gasteiger charge is -1.94. The van der Waals surface area contributed by atoms with E-state index in [9.17, 15) is 4.39 Å². The molecule has 0 aliphatic heterocycles. The lowest BCUT2D eigenvalue weighted by molar-refractivity contribution is 0.629. The Bertz CT molecular complexity index is 443. The Kier molecular flexibility index (Phi) is 2.08. The highest BCUT2D eigenvalue weighted by molar-refractivity contribution is 7.19. The van der Waals surface area contributed by atoms with E-state index in [4.69, 9.17) is 0 Å². The zero-order chi connectivity index (χ0) is 9.42. The highest BCUT2D eigenvalue weighted by atomic mass is 32.1. The fraction of sp³-hybridized carbons (Fsp3) is 0.273. The van der Waals surface area contributed by atoms with Crippen molar-refractivity contribution in [1.29, 1.82) is 0 Å². The van der Waals surface area contributed by atoms with Gasteiger partial charge in [0.1, 0.15) is 5.82 Å². The Morgan fingerprint density at radius 3 is 2.77 bits per heavy atom. The third kappa shape index (κ3) is 1.46. The predicted molar refractivity (Wildman–Crippen MR) is 55.9 cm³/mol. The minimum absolute atomic E-state index is 0.130. The molecule has 1 heterocycles. The molecule has 2 aromatic rings. The van der Waals surface area contributed by atoms with Crippen molar-refractivity contribution < 1.29 is 4.39 Å². The molecule has 0 fully saturated rings. The van der Waals surface area contributed by atoms with Crippen molar-refractivity contribution >= 4 is 21.4 Å². The Hall–Kier alpha value is -0.890. The van der Waals surface area contributed by atoms with Crippen molar-refractivity contribution in [3.8, 4) is 0 Å². The summed E-state index contributed by atoms with van der Waals surface area (Å²) in [5.41, 5.74) is 1.03. The molecule has 1 aromatic heterocycles. The molecule has 0 nitrogen and oxygen atoms in total. The molecule has 0 spiro atoms. The molecule has 0 atom stereocenters. The molecule has 13 heavy (non-hydrogen) atoms. The van der Waals surface area contributed by atoms with E-state index in [-0.39, 0.29) is 5.82 Å². The van der Waals surface area contributed by atoms with Crippen LogP contribution >= 0.6 is 11.3 Å². The maximum Gasteiger partial charge on any atom is 0.124 e. The van der Waals surface area contributed by atoms with Crippen LogP contribution in [0.25, 0.3) is 10.1 Å². The minimum Gasteiger partial charge on any atom is -0.207 e. The van der Waals surface area contributed by atoms with Crippen molar-refractivity contribution in [2.75, 3.05) is 0 Å². The molecule has 0 amide bonds. The van der Waals surface area contributed by atoms with Crippen LogP contribution in [0.5, 0.6) is 0 Å². The topological polar surface area (TPSA) is 0 Å². The van der Waals surface area contributed by atoms with Gasteiger partial charge in [-0.1, -0.05) is 6.92 Å². The summed E-state index contributed by atoms with van der Waals surface area (Å²) < 4.78 is 14.1. The second kappa shape index (κ2) is 3.11. The third-order valence-corrected chi connectivity index (χ3v) is 3.43. The van der Waals surface area contributed by atoms with Crippen LogP contribution in [0.1, 0.15) is 17.4 Å².